The van der Waals surface area contributed by atoms with Gasteiger partial charge in [0.15, 0.2) is 0 Å². The maximum atomic E-state index is 12.1. The number of aromatic nitrogens is 4. The molecule has 23 heavy (non-hydrogen) atoms. The van der Waals surface area contributed by atoms with Crippen molar-refractivity contribution in [1.82, 2.24) is 19.5 Å². The summed E-state index contributed by atoms with van der Waals surface area (Å²) in [7, 11) is 0. The number of carbonyl (C=O) groups excluding carboxylic acids is 1. The van der Waals surface area contributed by atoms with Crippen molar-refractivity contribution in [3.8, 4) is 0 Å². The molecule has 0 aromatic carbocycles. The number of nitrogens with one attached hydrogen (secondary N) is 1. The van der Waals surface area contributed by atoms with Crippen LogP contribution in [0.1, 0.15) is 34.7 Å². The number of rotatable bonds is 4. The predicted octanol–water partition coefficient (Wildman–Crippen LogP) is 2.84. The summed E-state index contributed by atoms with van der Waals surface area (Å²) in [5.74, 6) is 1.27. The van der Waals surface area contributed by atoms with Crippen LogP contribution in [0.4, 0.5) is 5.82 Å². The molecule has 3 heterocycles. The molecule has 3 aromatic rings. The zero-order valence-corrected chi connectivity index (χ0v) is 13.0. The van der Waals surface area contributed by atoms with Crippen molar-refractivity contribution in [3.05, 3.63) is 72.2 Å². The van der Waals surface area contributed by atoms with Gasteiger partial charge in [0.2, 0.25) is 0 Å². The van der Waals surface area contributed by atoms with Gasteiger partial charge in [0, 0.05) is 36.5 Å². The summed E-state index contributed by atoms with van der Waals surface area (Å²) >= 11 is 0. The zero-order chi connectivity index (χ0) is 16.2. The Morgan fingerprint density at radius 3 is 2.52 bits per heavy atom. The summed E-state index contributed by atoms with van der Waals surface area (Å²) in [5.41, 5.74) is 1.60. The minimum absolute atomic E-state index is 0.134. The van der Waals surface area contributed by atoms with E-state index in [0.717, 1.165) is 11.4 Å². The number of hydrogen-bond donors (Lipinski definition) is 1. The van der Waals surface area contributed by atoms with Crippen molar-refractivity contribution < 1.29 is 4.79 Å². The second kappa shape index (κ2) is 6.39. The zero-order valence-electron chi connectivity index (χ0n) is 13.0. The summed E-state index contributed by atoms with van der Waals surface area (Å²) in [6.07, 6.45) is 8.66. The first-order valence-electron chi connectivity index (χ1n) is 7.32. The van der Waals surface area contributed by atoms with Gasteiger partial charge in [-0.1, -0.05) is 6.07 Å². The molecule has 0 fully saturated rings. The lowest BCUT2D eigenvalue weighted by Crippen LogP contribution is -2.13. The SMILES string of the molecule is Cc1nccn1[C@@H](C)c1ccc(NC(=O)c2ccncc2)nc1. The molecule has 1 amide bonds. The van der Waals surface area contributed by atoms with Crippen molar-refractivity contribution in [1.29, 1.82) is 0 Å². The topological polar surface area (TPSA) is 72.7 Å². The van der Waals surface area contributed by atoms with Gasteiger partial charge in [-0.3, -0.25) is 9.78 Å². The van der Waals surface area contributed by atoms with Crippen LogP contribution >= 0.6 is 0 Å². The van der Waals surface area contributed by atoms with Gasteiger partial charge in [0.05, 0.1) is 6.04 Å². The van der Waals surface area contributed by atoms with Crippen LogP contribution in [-0.4, -0.2) is 25.4 Å². The fourth-order valence-electron chi connectivity index (χ4n) is 2.38. The molecule has 0 unspecified atom stereocenters. The third kappa shape index (κ3) is 3.26. The molecule has 0 radical (unpaired) electrons. The first-order valence-corrected chi connectivity index (χ1v) is 7.32. The highest BCUT2D eigenvalue weighted by molar-refractivity contribution is 6.03. The van der Waals surface area contributed by atoms with E-state index in [1.54, 1.807) is 43.0 Å². The maximum Gasteiger partial charge on any atom is 0.256 e. The molecular formula is C17H17N5O. The van der Waals surface area contributed by atoms with Crippen molar-refractivity contribution in [3.63, 3.8) is 0 Å². The van der Waals surface area contributed by atoms with E-state index in [4.69, 9.17) is 0 Å². The van der Waals surface area contributed by atoms with Crippen LogP contribution in [0, 0.1) is 6.92 Å². The van der Waals surface area contributed by atoms with Crippen molar-refractivity contribution in [2.24, 2.45) is 0 Å². The monoisotopic (exact) mass is 307 g/mol. The van der Waals surface area contributed by atoms with Gasteiger partial charge >= 0.3 is 0 Å². The highest BCUT2D eigenvalue weighted by Gasteiger charge is 2.11. The molecule has 3 rings (SSSR count). The van der Waals surface area contributed by atoms with E-state index < -0.39 is 0 Å². The second-order valence-corrected chi connectivity index (χ2v) is 5.22. The van der Waals surface area contributed by atoms with Crippen molar-refractivity contribution in [2.45, 2.75) is 19.9 Å². The number of nitrogens with zero attached hydrogens (tertiary/aromatic N) is 4. The van der Waals surface area contributed by atoms with E-state index in [9.17, 15) is 4.79 Å². The van der Waals surface area contributed by atoms with Gasteiger partial charge in [0.1, 0.15) is 11.6 Å². The van der Waals surface area contributed by atoms with Crippen molar-refractivity contribution in [2.75, 3.05) is 5.32 Å². The molecule has 0 saturated carbocycles. The number of imidazole rings is 1. The van der Waals surface area contributed by atoms with Crippen LogP contribution in [0.25, 0.3) is 0 Å². The highest BCUT2D eigenvalue weighted by atomic mass is 16.1. The largest absolute Gasteiger partial charge is 0.328 e. The van der Waals surface area contributed by atoms with E-state index in [-0.39, 0.29) is 11.9 Å². The smallest absolute Gasteiger partial charge is 0.256 e. The van der Waals surface area contributed by atoms with Gasteiger partial charge < -0.3 is 9.88 Å². The molecule has 1 atom stereocenters. The number of carbonyl (C=O) groups is 1. The Hall–Kier alpha value is -3.02. The number of pyridine rings is 2. The Labute approximate surface area is 134 Å². The summed E-state index contributed by atoms with van der Waals surface area (Å²) in [5, 5.41) is 2.77. The highest BCUT2D eigenvalue weighted by Crippen LogP contribution is 2.19. The lowest BCUT2D eigenvalue weighted by Gasteiger charge is -2.15. The van der Waals surface area contributed by atoms with Gasteiger partial charge in [-0.2, -0.15) is 0 Å². The molecule has 0 saturated heterocycles. The number of hydrogen-bond acceptors (Lipinski definition) is 4. The van der Waals surface area contributed by atoms with Crippen LogP contribution < -0.4 is 5.32 Å². The molecule has 0 aliphatic carbocycles. The number of amides is 1. The third-order valence-corrected chi connectivity index (χ3v) is 3.73. The fourth-order valence-corrected chi connectivity index (χ4v) is 2.38. The van der Waals surface area contributed by atoms with E-state index in [2.05, 4.69) is 31.8 Å². The fraction of sp³-hybridized carbons (Fsp3) is 0.176. The molecule has 116 valence electrons. The van der Waals surface area contributed by atoms with Crippen molar-refractivity contribution >= 4 is 11.7 Å². The van der Waals surface area contributed by atoms with Crippen LogP contribution in [0.3, 0.4) is 0 Å². The van der Waals surface area contributed by atoms with Crippen LogP contribution in [0.15, 0.2) is 55.2 Å². The van der Waals surface area contributed by atoms with E-state index in [1.807, 2.05) is 19.2 Å². The Morgan fingerprint density at radius 1 is 1.13 bits per heavy atom. The summed E-state index contributed by atoms with van der Waals surface area (Å²) in [6.45, 7) is 4.05. The maximum absolute atomic E-state index is 12.1. The van der Waals surface area contributed by atoms with E-state index in [0.29, 0.717) is 11.4 Å². The van der Waals surface area contributed by atoms with Crippen LogP contribution in [0.5, 0.6) is 0 Å². The summed E-state index contributed by atoms with van der Waals surface area (Å²) in [6, 6.07) is 7.22. The summed E-state index contributed by atoms with van der Waals surface area (Å²) in [4.78, 5) is 24.5. The summed E-state index contributed by atoms with van der Waals surface area (Å²) < 4.78 is 2.08. The normalized spacial score (nSPS) is 11.9. The molecule has 0 aliphatic rings. The van der Waals surface area contributed by atoms with Crippen LogP contribution in [-0.2, 0) is 0 Å². The molecule has 0 spiro atoms. The van der Waals surface area contributed by atoms with Gasteiger partial charge in [0.25, 0.3) is 5.91 Å². The van der Waals surface area contributed by atoms with E-state index in [1.165, 1.54) is 0 Å². The Morgan fingerprint density at radius 2 is 1.91 bits per heavy atom. The van der Waals surface area contributed by atoms with Gasteiger partial charge in [-0.05, 0) is 37.6 Å². The second-order valence-electron chi connectivity index (χ2n) is 5.22. The van der Waals surface area contributed by atoms with Gasteiger partial charge in [-0.25, -0.2) is 9.97 Å². The molecule has 0 aliphatic heterocycles. The molecule has 0 bridgehead atoms. The van der Waals surface area contributed by atoms with E-state index >= 15 is 0 Å². The third-order valence-electron chi connectivity index (χ3n) is 3.73. The first-order chi connectivity index (χ1) is 11.1. The Bertz CT molecular complexity index is 795. The lowest BCUT2D eigenvalue weighted by molar-refractivity contribution is 0.102. The molecule has 3 aromatic heterocycles. The minimum atomic E-state index is -0.203. The quantitative estimate of drug-likeness (QED) is 0.804. The Balaban J connectivity index is 1.72. The predicted molar refractivity (Wildman–Crippen MR) is 87.2 cm³/mol. The number of anilines is 1. The first kappa shape index (κ1) is 14.9. The molecule has 6 nitrogen and oxygen atoms in total. The number of aryl methyl sites for hydroxylation is 1. The van der Waals surface area contributed by atoms with Crippen LogP contribution in [0.2, 0.25) is 0 Å². The average Bonchev–Trinajstić information content (AvgIpc) is 3.02. The standard InChI is InChI=1S/C17H17N5O/c1-12(22-10-9-19-13(22)2)15-3-4-16(20-11-15)21-17(23)14-5-7-18-8-6-14/h3-12H,1-2H3,(H,20,21,23)/t12-/m0/s1. The molecular weight excluding hydrogens is 290 g/mol. The molecule has 1 N–H and O–H groups in total. The van der Waals surface area contributed by atoms with Gasteiger partial charge in [-0.15, -0.1) is 0 Å². The Kier molecular flexibility index (Phi) is 4.14. The lowest BCUT2D eigenvalue weighted by atomic mass is 10.1. The minimum Gasteiger partial charge on any atom is -0.328 e. The average molecular weight is 307 g/mol. The molecule has 6 heteroatoms.